The second kappa shape index (κ2) is 8.52. The van der Waals surface area contributed by atoms with E-state index in [1.54, 1.807) is 25.1 Å². The SMILES string of the molecule is Cc1ccc([N+](=O)[O-])cc1NC(=O)COC(=O)[C@H](C)N=C1NS(=O)(=O)c2ccccc21. The Bertz CT molecular complexity index is 1210. The number of nitrogens with one attached hydrogen (secondary N) is 2. The van der Waals surface area contributed by atoms with E-state index >= 15 is 0 Å². The summed E-state index contributed by atoms with van der Waals surface area (Å²) in [6.07, 6.45) is 0. The molecular formula is C19H18N4O7S. The molecule has 0 aromatic heterocycles. The van der Waals surface area contributed by atoms with E-state index in [1.165, 1.54) is 31.2 Å². The second-order valence-electron chi connectivity index (χ2n) is 6.67. The molecule has 12 heteroatoms. The van der Waals surface area contributed by atoms with Crippen LogP contribution in [0.15, 0.2) is 52.4 Å². The molecular weight excluding hydrogens is 428 g/mol. The highest BCUT2D eigenvalue weighted by atomic mass is 32.2. The van der Waals surface area contributed by atoms with Gasteiger partial charge in [-0.25, -0.2) is 13.2 Å². The first kappa shape index (κ1) is 21.9. The fraction of sp³-hybridized carbons (Fsp3) is 0.211. The summed E-state index contributed by atoms with van der Waals surface area (Å²) >= 11 is 0. The lowest BCUT2D eigenvalue weighted by Crippen LogP contribution is -2.29. The van der Waals surface area contributed by atoms with Gasteiger partial charge in [-0.3, -0.25) is 24.6 Å². The van der Waals surface area contributed by atoms with Gasteiger partial charge in [0.1, 0.15) is 11.9 Å². The number of ether oxygens (including phenoxy) is 1. The minimum Gasteiger partial charge on any atom is -0.454 e. The molecule has 0 radical (unpaired) electrons. The monoisotopic (exact) mass is 446 g/mol. The number of fused-ring (bicyclic) bond motifs is 1. The maximum atomic E-state index is 12.2. The Morgan fingerprint density at radius 1 is 1.26 bits per heavy atom. The lowest BCUT2D eigenvalue weighted by atomic mass is 10.2. The number of esters is 1. The topological polar surface area (TPSA) is 157 Å². The zero-order valence-electron chi connectivity index (χ0n) is 16.5. The molecule has 31 heavy (non-hydrogen) atoms. The average molecular weight is 446 g/mol. The van der Waals surface area contributed by atoms with E-state index in [0.29, 0.717) is 11.1 Å². The summed E-state index contributed by atoms with van der Waals surface area (Å²) in [5.41, 5.74) is 0.959. The van der Waals surface area contributed by atoms with E-state index in [0.717, 1.165) is 0 Å². The molecule has 0 saturated carbocycles. The zero-order valence-corrected chi connectivity index (χ0v) is 17.3. The molecule has 11 nitrogen and oxygen atoms in total. The summed E-state index contributed by atoms with van der Waals surface area (Å²) in [5.74, 6) is -1.53. The number of amidine groups is 1. The van der Waals surface area contributed by atoms with Crippen LogP contribution in [0.2, 0.25) is 0 Å². The predicted molar refractivity (Wildman–Crippen MR) is 110 cm³/mol. The number of hydrogen-bond donors (Lipinski definition) is 2. The van der Waals surface area contributed by atoms with Gasteiger partial charge >= 0.3 is 5.97 Å². The molecule has 1 atom stereocenters. The Balaban J connectivity index is 1.63. The minimum atomic E-state index is -3.75. The number of non-ortho nitro benzene ring substituents is 1. The normalized spacial score (nSPS) is 16.1. The lowest BCUT2D eigenvalue weighted by molar-refractivity contribution is -0.384. The molecule has 2 N–H and O–H groups in total. The largest absolute Gasteiger partial charge is 0.454 e. The number of nitro benzene ring substituents is 1. The van der Waals surface area contributed by atoms with E-state index in [2.05, 4.69) is 15.0 Å². The fourth-order valence-electron chi connectivity index (χ4n) is 2.78. The van der Waals surface area contributed by atoms with Crippen molar-refractivity contribution >= 4 is 39.1 Å². The van der Waals surface area contributed by atoms with Crippen LogP contribution in [0.25, 0.3) is 0 Å². The van der Waals surface area contributed by atoms with Crippen LogP contribution in [0.1, 0.15) is 18.1 Å². The zero-order chi connectivity index (χ0) is 22.8. The van der Waals surface area contributed by atoms with Crippen molar-refractivity contribution in [3.63, 3.8) is 0 Å². The number of aliphatic imine (C=N–C) groups is 1. The molecule has 162 valence electrons. The summed E-state index contributed by atoms with van der Waals surface area (Å²) in [4.78, 5) is 38.7. The highest BCUT2D eigenvalue weighted by Crippen LogP contribution is 2.23. The number of hydrogen-bond acceptors (Lipinski definition) is 8. The Hall–Kier alpha value is -3.80. The molecule has 1 heterocycles. The molecule has 0 unspecified atom stereocenters. The van der Waals surface area contributed by atoms with Crippen LogP contribution in [-0.4, -0.2) is 43.7 Å². The molecule has 0 fully saturated rings. The van der Waals surface area contributed by atoms with Gasteiger partial charge in [-0.1, -0.05) is 18.2 Å². The highest BCUT2D eigenvalue weighted by molar-refractivity contribution is 7.90. The van der Waals surface area contributed by atoms with Crippen molar-refractivity contribution in [2.45, 2.75) is 24.8 Å². The van der Waals surface area contributed by atoms with Gasteiger partial charge in [0.15, 0.2) is 6.61 Å². The Morgan fingerprint density at radius 3 is 2.68 bits per heavy atom. The van der Waals surface area contributed by atoms with E-state index in [1.807, 2.05) is 0 Å². The number of carbonyl (C=O) groups is 2. The van der Waals surface area contributed by atoms with Crippen molar-refractivity contribution in [2.24, 2.45) is 4.99 Å². The minimum absolute atomic E-state index is 0.0109. The van der Waals surface area contributed by atoms with E-state index in [-0.39, 0.29) is 22.1 Å². The van der Waals surface area contributed by atoms with Gasteiger partial charge in [0.05, 0.1) is 15.5 Å². The number of aryl methyl sites for hydroxylation is 1. The van der Waals surface area contributed by atoms with Gasteiger partial charge in [-0.05, 0) is 31.5 Å². The number of sulfonamides is 1. The third-order valence-corrected chi connectivity index (χ3v) is 5.78. The third kappa shape index (κ3) is 4.86. The third-order valence-electron chi connectivity index (χ3n) is 4.38. The van der Waals surface area contributed by atoms with Gasteiger partial charge in [-0.2, -0.15) is 0 Å². The number of amides is 1. The molecule has 1 aliphatic rings. The van der Waals surface area contributed by atoms with E-state index in [9.17, 15) is 28.1 Å². The van der Waals surface area contributed by atoms with E-state index in [4.69, 9.17) is 4.74 Å². The van der Waals surface area contributed by atoms with Gasteiger partial charge in [0.2, 0.25) is 0 Å². The maximum absolute atomic E-state index is 12.2. The molecule has 3 rings (SSSR count). The first-order valence-corrected chi connectivity index (χ1v) is 10.5. The molecule has 0 saturated heterocycles. The lowest BCUT2D eigenvalue weighted by Gasteiger charge is -2.11. The van der Waals surface area contributed by atoms with Crippen molar-refractivity contribution in [1.29, 1.82) is 0 Å². The van der Waals surface area contributed by atoms with Gasteiger partial charge in [0.25, 0.3) is 21.6 Å². The van der Waals surface area contributed by atoms with Crippen LogP contribution < -0.4 is 10.0 Å². The van der Waals surface area contributed by atoms with Gasteiger partial charge in [0, 0.05) is 17.7 Å². The summed E-state index contributed by atoms with van der Waals surface area (Å²) in [6.45, 7) is 2.41. The van der Waals surface area contributed by atoms with Crippen LogP contribution in [-0.2, 0) is 24.3 Å². The molecule has 0 spiro atoms. The number of benzene rings is 2. The summed E-state index contributed by atoms with van der Waals surface area (Å²) in [7, 11) is -3.75. The Kier molecular flexibility index (Phi) is 6.02. The molecule has 2 aromatic rings. The molecule has 1 aliphatic heterocycles. The first-order valence-electron chi connectivity index (χ1n) is 9.00. The van der Waals surface area contributed by atoms with Crippen molar-refractivity contribution in [3.05, 3.63) is 63.7 Å². The predicted octanol–water partition coefficient (Wildman–Crippen LogP) is 1.51. The van der Waals surface area contributed by atoms with Gasteiger partial charge in [-0.15, -0.1) is 0 Å². The van der Waals surface area contributed by atoms with Crippen molar-refractivity contribution in [1.82, 2.24) is 4.72 Å². The van der Waals surface area contributed by atoms with Crippen LogP contribution in [0, 0.1) is 17.0 Å². The maximum Gasteiger partial charge on any atom is 0.331 e. The molecule has 2 aromatic carbocycles. The number of nitro groups is 1. The standard InChI is InChI=1S/C19H18N4O7S/c1-11-7-8-13(23(26)27)9-15(11)21-17(24)10-30-19(25)12(2)20-18-14-5-3-4-6-16(14)31(28,29)22-18/h3-9,12H,10H2,1-2H3,(H,20,22)(H,21,24)/t12-/m0/s1. The molecule has 0 aliphatic carbocycles. The highest BCUT2D eigenvalue weighted by Gasteiger charge is 2.31. The van der Waals surface area contributed by atoms with Crippen LogP contribution in [0.4, 0.5) is 11.4 Å². The molecule has 1 amide bonds. The Morgan fingerprint density at radius 2 is 1.97 bits per heavy atom. The Labute approximate surface area is 177 Å². The number of carbonyl (C=O) groups excluding carboxylic acids is 2. The summed E-state index contributed by atoms with van der Waals surface area (Å²) < 4.78 is 31.4. The van der Waals surface area contributed by atoms with Crippen molar-refractivity contribution in [2.75, 3.05) is 11.9 Å². The number of rotatable bonds is 6. The van der Waals surface area contributed by atoms with Crippen LogP contribution in [0.5, 0.6) is 0 Å². The second-order valence-corrected chi connectivity index (χ2v) is 8.32. The van der Waals surface area contributed by atoms with Crippen molar-refractivity contribution in [3.8, 4) is 0 Å². The van der Waals surface area contributed by atoms with Crippen LogP contribution >= 0.6 is 0 Å². The summed E-state index contributed by atoms with van der Waals surface area (Å²) in [6, 6.07) is 9.09. The quantitative estimate of drug-likeness (QED) is 0.387. The fourth-order valence-corrected chi connectivity index (χ4v) is 4.02. The van der Waals surface area contributed by atoms with Gasteiger partial charge < -0.3 is 10.1 Å². The molecule has 0 bridgehead atoms. The average Bonchev–Trinajstić information content (AvgIpc) is 2.97. The van der Waals surface area contributed by atoms with Crippen LogP contribution in [0.3, 0.4) is 0 Å². The number of anilines is 1. The number of nitrogens with zero attached hydrogens (tertiary/aromatic N) is 2. The smallest absolute Gasteiger partial charge is 0.331 e. The van der Waals surface area contributed by atoms with Crippen molar-refractivity contribution < 1.29 is 27.7 Å². The summed E-state index contributed by atoms with van der Waals surface area (Å²) in [5, 5.41) is 13.3. The van der Waals surface area contributed by atoms with E-state index < -0.39 is 39.5 Å². The first-order chi connectivity index (χ1) is 14.6.